The second kappa shape index (κ2) is 10.3. The van der Waals surface area contributed by atoms with E-state index in [1.807, 2.05) is 19.1 Å². The maximum absolute atomic E-state index is 12.7. The van der Waals surface area contributed by atoms with Crippen molar-refractivity contribution in [3.05, 3.63) is 54.1 Å². The molecule has 1 amide bonds. The fraction of sp³-hybridized carbons (Fsp3) is 0.409. The van der Waals surface area contributed by atoms with Gasteiger partial charge in [0.2, 0.25) is 15.9 Å². The number of methoxy groups -OCH3 is 1. The molecule has 0 heterocycles. The summed E-state index contributed by atoms with van der Waals surface area (Å²) in [5.41, 5.74) is 1.55. The summed E-state index contributed by atoms with van der Waals surface area (Å²) in [6.07, 6.45) is 1.95. The van der Waals surface area contributed by atoms with E-state index < -0.39 is 22.0 Å². The lowest BCUT2D eigenvalue weighted by molar-refractivity contribution is -0.122. The Bertz CT molecular complexity index is 927. The van der Waals surface area contributed by atoms with Gasteiger partial charge in [0, 0.05) is 0 Å². The van der Waals surface area contributed by atoms with Crippen LogP contribution in [-0.4, -0.2) is 46.4 Å². The number of ether oxygens (including phenoxy) is 2. The lowest BCUT2D eigenvalue weighted by atomic mass is 10.1. The van der Waals surface area contributed by atoms with E-state index in [1.165, 1.54) is 0 Å². The van der Waals surface area contributed by atoms with Crippen LogP contribution in [0.1, 0.15) is 26.3 Å². The predicted molar refractivity (Wildman–Crippen MR) is 119 cm³/mol. The van der Waals surface area contributed by atoms with Gasteiger partial charge in [0.25, 0.3) is 0 Å². The summed E-state index contributed by atoms with van der Waals surface area (Å²) in [6.45, 7) is 5.64. The number of aryl methyl sites for hydroxylation is 1. The van der Waals surface area contributed by atoms with Crippen LogP contribution in [-0.2, 0) is 21.2 Å². The summed E-state index contributed by atoms with van der Waals surface area (Å²) in [5.74, 6) is 0.981. The first-order chi connectivity index (χ1) is 14.2. The highest BCUT2D eigenvalue weighted by Gasteiger charge is 2.29. The fourth-order valence-electron chi connectivity index (χ4n) is 2.99. The first-order valence-electron chi connectivity index (χ1n) is 9.81. The van der Waals surface area contributed by atoms with E-state index >= 15 is 0 Å². The Balaban J connectivity index is 2.02. The molecule has 164 valence electrons. The van der Waals surface area contributed by atoms with Gasteiger partial charge in [-0.15, -0.1) is 0 Å². The maximum Gasteiger partial charge on any atom is 0.243 e. The van der Waals surface area contributed by atoms with Crippen LogP contribution in [0.5, 0.6) is 11.5 Å². The number of sulfonamides is 1. The Hall–Kier alpha value is -2.74. The fourth-order valence-corrected chi connectivity index (χ4v) is 4.16. The lowest BCUT2D eigenvalue weighted by Gasteiger charge is -2.29. The molecule has 30 heavy (non-hydrogen) atoms. The van der Waals surface area contributed by atoms with Gasteiger partial charge in [-0.1, -0.05) is 19.1 Å². The van der Waals surface area contributed by atoms with Crippen molar-refractivity contribution in [3.8, 4) is 11.5 Å². The number of carbonyl (C=O) groups is 1. The Morgan fingerprint density at radius 2 is 1.60 bits per heavy atom. The molecule has 2 rings (SSSR count). The number of hydrogen-bond acceptors (Lipinski definition) is 5. The first-order valence-corrected chi connectivity index (χ1v) is 11.7. The van der Waals surface area contributed by atoms with Crippen LogP contribution in [0.25, 0.3) is 0 Å². The molecular formula is C22H30N2O5S. The molecule has 0 saturated heterocycles. The smallest absolute Gasteiger partial charge is 0.243 e. The van der Waals surface area contributed by atoms with E-state index in [2.05, 4.69) is 5.32 Å². The van der Waals surface area contributed by atoms with Crippen molar-refractivity contribution in [3.63, 3.8) is 0 Å². The molecule has 0 aliphatic heterocycles. The van der Waals surface area contributed by atoms with Crippen LogP contribution in [0, 0.1) is 0 Å². The predicted octanol–water partition coefficient (Wildman–Crippen LogP) is 3.00. The summed E-state index contributed by atoms with van der Waals surface area (Å²) in [6, 6.07) is 13.1. The molecule has 0 saturated carbocycles. The molecule has 0 aromatic heterocycles. The van der Waals surface area contributed by atoms with Crippen molar-refractivity contribution < 1.29 is 22.7 Å². The van der Waals surface area contributed by atoms with Gasteiger partial charge >= 0.3 is 0 Å². The van der Waals surface area contributed by atoms with Crippen LogP contribution in [0.4, 0.5) is 5.69 Å². The normalized spacial score (nSPS) is 13.2. The van der Waals surface area contributed by atoms with Gasteiger partial charge in [-0.25, -0.2) is 8.42 Å². The number of nitrogens with zero attached hydrogens (tertiary/aromatic N) is 1. The Morgan fingerprint density at radius 3 is 2.10 bits per heavy atom. The molecule has 0 bridgehead atoms. The highest BCUT2D eigenvalue weighted by molar-refractivity contribution is 7.92. The van der Waals surface area contributed by atoms with Gasteiger partial charge in [0.15, 0.2) is 0 Å². The molecule has 0 radical (unpaired) electrons. The topological polar surface area (TPSA) is 84.9 Å². The molecule has 2 unspecified atom stereocenters. The molecule has 1 N–H and O–H groups in total. The molecule has 0 fully saturated rings. The Kier molecular flexibility index (Phi) is 8.11. The van der Waals surface area contributed by atoms with Gasteiger partial charge < -0.3 is 14.8 Å². The average molecular weight is 435 g/mol. The van der Waals surface area contributed by atoms with Crippen LogP contribution in [0.15, 0.2) is 48.5 Å². The highest BCUT2D eigenvalue weighted by atomic mass is 32.2. The van der Waals surface area contributed by atoms with Crippen molar-refractivity contribution in [2.75, 3.05) is 24.3 Å². The minimum atomic E-state index is -3.65. The number of hydrogen-bond donors (Lipinski definition) is 1. The largest absolute Gasteiger partial charge is 0.497 e. The number of nitrogens with one attached hydrogen (secondary N) is 1. The highest BCUT2D eigenvalue weighted by Crippen LogP contribution is 2.22. The summed E-state index contributed by atoms with van der Waals surface area (Å²) in [5, 5.41) is 2.82. The van der Waals surface area contributed by atoms with Crippen molar-refractivity contribution in [1.82, 2.24) is 5.32 Å². The SMILES string of the molecule is CCc1ccc(N(C(C)C(=O)NC(C)COc2ccc(OC)cc2)S(C)(=O)=O)cc1. The Morgan fingerprint density at radius 1 is 1.03 bits per heavy atom. The zero-order chi connectivity index (χ0) is 22.3. The second-order valence-corrected chi connectivity index (χ2v) is 9.01. The second-order valence-electron chi connectivity index (χ2n) is 7.15. The van der Waals surface area contributed by atoms with E-state index in [9.17, 15) is 13.2 Å². The molecule has 8 heteroatoms. The molecule has 0 aliphatic carbocycles. The van der Waals surface area contributed by atoms with Crippen molar-refractivity contribution in [2.24, 2.45) is 0 Å². The molecule has 2 atom stereocenters. The number of amides is 1. The standard InChI is InChI=1S/C22H30N2O5S/c1-6-18-7-9-19(10-8-18)24(30(5,26)27)17(3)22(25)23-16(2)15-29-21-13-11-20(28-4)12-14-21/h7-14,16-17H,6,15H2,1-5H3,(H,23,25). The third-order valence-corrected chi connectivity index (χ3v) is 5.88. The summed E-state index contributed by atoms with van der Waals surface area (Å²) in [7, 11) is -2.06. The number of benzene rings is 2. The van der Waals surface area contributed by atoms with Gasteiger partial charge in [0.05, 0.1) is 25.1 Å². The van der Waals surface area contributed by atoms with Crippen molar-refractivity contribution in [2.45, 2.75) is 39.3 Å². The number of carbonyl (C=O) groups excluding carboxylic acids is 1. The quantitative estimate of drug-likeness (QED) is 0.621. The van der Waals surface area contributed by atoms with Crippen LogP contribution in [0.2, 0.25) is 0 Å². The number of rotatable bonds is 10. The Labute approximate surface area is 179 Å². The molecular weight excluding hydrogens is 404 g/mol. The summed E-state index contributed by atoms with van der Waals surface area (Å²) >= 11 is 0. The minimum Gasteiger partial charge on any atom is -0.497 e. The lowest BCUT2D eigenvalue weighted by Crippen LogP contribution is -2.50. The van der Waals surface area contributed by atoms with Crippen LogP contribution in [0.3, 0.4) is 0 Å². The van der Waals surface area contributed by atoms with Crippen molar-refractivity contribution >= 4 is 21.6 Å². The van der Waals surface area contributed by atoms with Gasteiger partial charge in [-0.05, 0) is 62.2 Å². The van der Waals surface area contributed by atoms with Gasteiger partial charge in [-0.2, -0.15) is 0 Å². The molecule has 2 aromatic rings. The monoisotopic (exact) mass is 434 g/mol. The third kappa shape index (κ3) is 6.38. The van der Waals surface area contributed by atoms with E-state index in [4.69, 9.17) is 9.47 Å². The summed E-state index contributed by atoms with van der Waals surface area (Å²) < 4.78 is 36.7. The zero-order valence-electron chi connectivity index (χ0n) is 18.1. The third-order valence-electron chi connectivity index (χ3n) is 4.64. The van der Waals surface area contributed by atoms with E-state index in [0.717, 1.165) is 28.3 Å². The molecule has 2 aromatic carbocycles. The van der Waals surface area contributed by atoms with E-state index in [-0.39, 0.29) is 12.6 Å². The molecule has 0 spiro atoms. The maximum atomic E-state index is 12.7. The molecule has 0 aliphatic rings. The van der Waals surface area contributed by atoms with E-state index in [1.54, 1.807) is 57.4 Å². The average Bonchev–Trinajstić information content (AvgIpc) is 2.72. The summed E-state index contributed by atoms with van der Waals surface area (Å²) in [4.78, 5) is 12.7. The molecule has 7 nitrogen and oxygen atoms in total. The van der Waals surface area contributed by atoms with Gasteiger partial charge in [-0.3, -0.25) is 9.10 Å². The zero-order valence-corrected chi connectivity index (χ0v) is 18.9. The minimum absolute atomic E-state index is 0.245. The van der Waals surface area contributed by atoms with Crippen LogP contribution >= 0.6 is 0 Å². The van der Waals surface area contributed by atoms with Gasteiger partial charge in [0.1, 0.15) is 24.1 Å². The van der Waals surface area contributed by atoms with Crippen LogP contribution < -0.4 is 19.1 Å². The first kappa shape index (κ1) is 23.5. The number of anilines is 1. The van der Waals surface area contributed by atoms with E-state index in [0.29, 0.717) is 11.4 Å². The van der Waals surface area contributed by atoms with Crippen molar-refractivity contribution in [1.29, 1.82) is 0 Å².